The van der Waals surface area contributed by atoms with Gasteiger partial charge in [-0.15, -0.1) is 0 Å². The first-order chi connectivity index (χ1) is 21.8. The minimum atomic E-state index is -0.549. The van der Waals surface area contributed by atoms with Crippen LogP contribution in [-0.2, 0) is 17.8 Å². The Bertz CT molecular complexity index is 1790. The van der Waals surface area contributed by atoms with E-state index < -0.39 is 17.2 Å². The Kier molecular flexibility index (Phi) is 9.45. The standard InChI is InChI=1S/C37H36ClFN2O4/c38-28-14-10-25(11-15-28)20-30(40-37(44)35-22-33(42)32-17-16-29(39)21-34(32)45-35)19-24-8-12-26(13-9-24)31-6-2-1-5-27(31)23-41-18-4-3-7-36(41)43/h1-2,5-6,10-11,14-17,19,21-22,26,30H,3-4,7-9,12-13,18,20,23H2,(H,40,44)/t26?,30-/m0/s1. The number of rotatable bonds is 8. The SMILES string of the molecule is O=C(N[C@@H](C=C1CCC(c2ccccc2CN2CCCCC2=O)CC1)Cc1ccc(Cl)cc1)c1cc(=O)c2ccc(F)cc2o1. The van der Waals surface area contributed by atoms with Crippen LogP contribution >= 0.6 is 11.6 Å². The molecule has 0 spiro atoms. The van der Waals surface area contributed by atoms with E-state index in [-0.39, 0.29) is 28.7 Å². The summed E-state index contributed by atoms with van der Waals surface area (Å²) in [5.74, 6) is -0.607. The lowest BCUT2D eigenvalue weighted by atomic mass is 9.79. The highest BCUT2D eigenvalue weighted by Crippen LogP contribution is 2.37. The predicted octanol–water partition coefficient (Wildman–Crippen LogP) is 7.72. The Morgan fingerprint density at radius 1 is 1.00 bits per heavy atom. The lowest BCUT2D eigenvalue weighted by Gasteiger charge is -2.31. The molecule has 8 heteroatoms. The van der Waals surface area contributed by atoms with E-state index in [1.165, 1.54) is 28.8 Å². The summed E-state index contributed by atoms with van der Waals surface area (Å²) < 4.78 is 19.5. The van der Waals surface area contributed by atoms with Crippen LogP contribution in [-0.4, -0.2) is 29.3 Å². The summed E-state index contributed by atoms with van der Waals surface area (Å²) in [7, 11) is 0. The fraction of sp³-hybridized carbons (Fsp3) is 0.324. The first-order valence-corrected chi connectivity index (χ1v) is 16.0. The van der Waals surface area contributed by atoms with Gasteiger partial charge < -0.3 is 14.6 Å². The topological polar surface area (TPSA) is 79.6 Å². The van der Waals surface area contributed by atoms with Gasteiger partial charge in [0.05, 0.1) is 11.4 Å². The average molecular weight is 627 g/mol. The Morgan fingerprint density at radius 2 is 1.78 bits per heavy atom. The number of benzene rings is 3. The maximum atomic E-state index is 13.8. The Morgan fingerprint density at radius 3 is 2.56 bits per heavy atom. The van der Waals surface area contributed by atoms with Gasteiger partial charge in [-0.3, -0.25) is 14.4 Å². The highest BCUT2D eigenvalue weighted by Gasteiger charge is 2.25. The van der Waals surface area contributed by atoms with Crippen LogP contribution in [0.25, 0.3) is 11.0 Å². The molecule has 0 bridgehead atoms. The zero-order valence-electron chi connectivity index (χ0n) is 25.1. The number of carbonyl (C=O) groups is 2. The molecule has 1 saturated carbocycles. The molecule has 1 aromatic heterocycles. The number of fused-ring (bicyclic) bond motifs is 1. The molecule has 0 radical (unpaired) electrons. The molecule has 2 heterocycles. The maximum absolute atomic E-state index is 13.8. The van der Waals surface area contributed by atoms with Gasteiger partial charge in [-0.05, 0) is 91.8 Å². The van der Waals surface area contributed by atoms with E-state index in [1.54, 1.807) is 0 Å². The molecule has 2 aliphatic rings. The zero-order valence-corrected chi connectivity index (χ0v) is 25.8. The number of amides is 2. The second-order valence-electron chi connectivity index (χ2n) is 12.1. The Labute approximate surface area is 266 Å². The molecular formula is C37H36ClFN2O4. The van der Waals surface area contributed by atoms with E-state index in [1.807, 2.05) is 29.2 Å². The second-order valence-corrected chi connectivity index (χ2v) is 12.5. The number of likely N-dealkylation sites (tertiary alicyclic amines) is 1. The van der Waals surface area contributed by atoms with Crippen molar-refractivity contribution >= 4 is 34.4 Å². The Balaban J connectivity index is 1.19. The molecule has 3 aromatic carbocycles. The Hall–Kier alpha value is -4.23. The summed E-state index contributed by atoms with van der Waals surface area (Å²) in [6.07, 6.45) is 9.05. The first kappa shape index (κ1) is 30.8. The van der Waals surface area contributed by atoms with Gasteiger partial charge in [0, 0.05) is 36.7 Å². The van der Waals surface area contributed by atoms with Crippen LogP contribution in [0.1, 0.15) is 78.1 Å². The highest BCUT2D eigenvalue weighted by molar-refractivity contribution is 6.30. The van der Waals surface area contributed by atoms with Gasteiger partial charge in [-0.1, -0.05) is 59.6 Å². The quantitative estimate of drug-likeness (QED) is 0.203. The van der Waals surface area contributed by atoms with Crippen LogP contribution in [0.4, 0.5) is 4.39 Å². The highest BCUT2D eigenvalue weighted by atomic mass is 35.5. The number of allylic oxidation sites excluding steroid dienone is 1. The zero-order chi connectivity index (χ0) is 31.3. The molecule has 1 saturated heterocycles. The van der Waals surface area contributed by atoms with Crippen molar-refractivity contribution in [2.75, 3.05) is 6.54 Å². The summed E-state index contributed by atoms with van der Waals surface area (Å²) >= 11 is 6.11. The van der Waals surface area contributed by atoms with E-state index in [0.717, 1.165) is 62.8 Å². The minimum Gasteiger partial charge on any atom is -0.451 e. The van der Waals surface area contributed by atoms with Gasteiger partial charge >= 0.3 is 0 Å². The smallest absolute Gasteiger partial charge is 0.287 e. The third-order valence-corrected chi connectivity index (χ3v) is 9.19. The normalized spacial score (nSPS) is 17.7. The molecule has 1 aliphatic carbocycles. The van der Waals surface area contributed by atoms with Crippen molar-refractivity contribution in [1.82, 2.24) is 10.2 Å². The average Bonchev–Trinajstić information content (AvgIpc) is 3.03. The van der Waals surface area contributed by atoms with Crippen molar-refractivity contribution in [2.24, 2.45) is 0 Å². The molecule has 1 N–H and O–H groups in total. The second kappa shape index (κ2) is 13.8. The molecule has 6 nitrogen and oxygen atoms in total. The fourth-order valence-electron chi connectivity index (χ4n) is 6.57. The third-order valence-electron chi connectivity index (χ3n) is 8.94. The van der Waals surface area contributed by atoms with Crippen LogP contribution in [0, 0.1) is 5.82 Å². The fourth-order valence-corrected chi connectivity index (χ4v) is 6.69. The predicted molar refractivity (Wildman–Crippen MR) is 174 cm³/mol. The van der Waals surface area contributed by atoms with Crippen molar-refractivity contribution in [2.45, 2.75) is 69.9 Å². The number of nitrogens with one attached hydrogen (secondary N) is 1. The number of halogens is 2. The van der Waals surface area contributed by atoms with Crippen LogP contribution in [0.2, 0.25) is 5.02 Å². The van der Waals surface area contributed by atoms with Gasteiger partial charge in [0.15, 0.2) is 11.2 Å². The molecule has 1 atom stereocenters. The van der Waals surface area contributed by atoms with Crippen molar-refractivity contribution in [1.29, 1.82) is 0 Å². The monoisotopic (exact) mass is 626 g/mol. The van der Waals surface area contributed by atoms with Crippen LogP contribution in [0.15, 0.2) is 93.7 Å². The molecule has 2 amide bonds. The minimum absolute atomic E-state index is 0.0310. The third kappa shape index (κ3) is 7.54. The maximum Gasteiger partial charge on any atom is 0.287 e. The van der Waals surface area contributed by atoms with Gasteiger partial charge in [-0.2, -0.15) is 0 Å². The van der Waals surface area contributed by atoms with Gasteiger partial charge in [-0.25, -0.2) is 4.39 Å². The molecule has 2 fully saturated rings. The molecule has 1 aliphatic heterocycles. The number of hydrogen-bond donors (Lipinski definition) is 1. The van der Waals surface area contributed by atoms with Gasteiger partial charge in [0.2, 0.25) is 5.91 Å². The summed E-state index contributed by atoms with van der Waals surface area (Å²) in [6, 6.07) is 20.4. The van der Waals surface area contributed by atoms with Crippen LogP contribution in [0.3, 0.4) is 0 Å². The van der Waals surface area contributed by atoms with Crippen molar-refractivity contribution in [3.05, 3.63) is 128 Å². The van der Waals surface area contributed by atoms with Crippen LogP contribution < -0.4 is 10.7 Å². The lowest BCUT2D eigenvalue weighted by molar-refractivity contribution is -0.133. The molecule has 45 heavy (non-hydrogen) atoms. The van der Waals surface area contributed by atoms with Crippen LogP contribution in [0.5, 0.6) is 0 Å². The van der Waals surface area contributed by atoms with Gasteiger partial charge in [0.25, 0.3) is 5.91 Å². The van der Waals surface area contributed by atoms with Gasteiger partial charge in [0.1, 0.15) is 11.4 Å². The summed E-state index contributed by atoms with van der Waals surface area (Å²) in [5.41, 5.74) is 4.44. The molecule has 232 valence electrons. The van der Waals surface area contributed by atoms with Crippen molar-refractivity contribution in [3.8, 4) is 0 Å². The largest absolute Gasteiger partial charge is 0.451 e. The van der Waals surface area contributed by atoms with E-state index in [0.29, 0.717) is 30.3 Å². The van der Waals surface area contributed by atoms with E-state index in [4.69, 9.17) is 16.0 Å². The molecule has 0 unspecified atom stereocenters. The lowest BCUT2D eigenvalue weighted by Crippen LogP contribution is -2.36. The summed E-state index contributed by atoms with van der Waals surface area (Å²) in [6.45, 7) is 1.49. The summed E-state index contributed by atoms with van der Waals surface area (Å²) in [4.78, 5) is 40.5. The van der Waals surface area contributed by atoms with E-state index in [2.05, 4.69) is 35.7 Å². The molecule has 4 aromatic rings. The molecule has 6 rings (SSSR count). The van der Waals surface area contributed by atoms with Crippen molar-refractivity contribution in [3.63, 3.8) is 0 Å². The number of carbonyl (C=O) groups excluding carboxylic acids is 2. The summed E-state index contributed by atoms with van der Waals surface area (Å²) in [5, 5.41) is 3.89. The molecular weight excluding hydrogens is 591 g/mol. The number of hydrogen-bond acceptors (Lipinski definition) is 4. The van der Waals surface area contributed by atoms with E-state index >= 15 is 0 Å². The van der Waals surface area contributed by atoms with E-state index in [9.17, 15) is 18.8 Å². The first-order valence-electron chi connectivity index (χ1n) is 15.7. The van der Waals surface area contributed by atoms with Crippen molar-refractivity contribution < 1.29 is 18.4 Å². The number of piperidine rings is 1. The number of nitrogens with zero attached hydrogens (tertiary/aromatic N) is 1.